The number of carbonyl (C=O) groups is 2. The molecule has 6 heteroatoms. The number of para-hydroxylation sites is 1. The Labute approximate surface area is 212 Å². The third-order valence-corrected chi connectivity index (χ3v) is 7.69. The molecule has 0 saturated carbocycles. The minimum Gasteiger partial charge on any atom is -0.496 e. The summed E-state index contributed by atoms with van der Waals surface area (Å²) in [5.41, 5.74) is 4.00. The Morgan fingerprint density at radius 3 is 2.57 bits per heavy atom. The van der Waals surface area contributed by atoms with Gasteiger partial charge in [-0.3, -0.25) is 9.59 Å². The summed E-state index contributed by atoms with van der Waals surface area (Å²) in [7, 11) is 1.56. The lowest BCUT2D eigenvalue weighted by Crippen LogP contribution is -2.47. The maximum Gasteiger partial charge on any atom is 0.258 e. The zero-order chi connectivity index (χ0) is 24.9. The molecule has 0 fully saturated rings. The highest BCUT2D eigenvalue weighted by molar-refractivity contribution is 7.10. The van der Waals surface area contributed by atoms with Crippen LogP contribution in [0.15, 0.2) is 60.0 Å². The Morgan fingerprint density at radius 1 is 1.09 bits per heavy atom. The molecular formula is C29H34N2O3S. The highest BCUT2D eigenvalue weighted by Crippen LogP contribution is 2.39. The number of methoxy groups -OCH3 is 1. The summed E-state index contributed by atoms with van der Waals surface area (Å²) in [6.07, 6.45) is 1.66. The van der Waals surface area contributed by atoms with Crippen LogP contribution in [0.5, 0.6) is 5.75 Å². The van der Waals surface area contributed by atoms with Crippen molar-refractivity contribution in [3.05, 3.63) is 87.1 Å². The van der Waals surface area contributed by atoms with Gasteiger partial charge in [0.25, 0.3) is 5.91 Å². The number of thiophene rings is 1. The molecular weight excluding hydrogens is 456 g/mol. The minimum absolute atomic E-state index is 0.0258. The van der Waals surface area contributed by atoms with Crippen LogP contribution in [0.4, 0.5) is 0 Å². The molecule has 1 atom stereocenters. The van der Waals surface area contributed by atoms with Gasteiger partial charge >= 0.3 is 0 Å². The van der Waals surface area contributed by atoms with Crippen molar-refractivity contribution in [3.8, 4) is 5.75 Å². The van der Waals surface area contributed by atoms with Gasteiger partial charge in [0.2, 0.25) is 5.91 Å². The molecule has 4 rings (SSSR count). The van der Waals surface area contributed by atoms with Crippen LogP contribution in [0.2, 0.25) is 0 Å². The van der Waals surface area contributed by atoms with E-state index < -0.39 is 0 Å². The monoisotopic (exact) mass is 490 g/mol. The normalized spacial score (nSPS) is 15.1. The van der Waals surface area contributed by atoms with Crippen LogP contribution in [0.3, 0.4) is 0 Å². The molecule has 1 aliphatic rings. The van der Waals surface area contributed by atoms with Gasteiger partial charge in [-0.05, 0) is 66.0 Å². The zero-order valence-corrected chi connectivity index (χ0v) is 21.8. The number of rotatable bonds is 8. The third kappa shape index (κ3) is 5.43. The maximum absolute atomic E-state index is 13.9. The summed E-state index contributed by atoms with van der Waals surface area (Å²) >= 11 is 1.76. The van der Waals surface area contributed by atoms with Crippen molar-refractivity contribution in [1.29, 1.82) is 0 Å². The van der Waals surface area contributed by atoms with E-state index in [-0.39, 0.29) is 24.4 Å². The van der Waals surface area contributed by atoms with Gasteiger partial charge in [-0.15, -0.1) is 11.3 Å². The molecule has 2 heterocycles. The predicted octanol–water partition coefficient (Wildman–Crippen LogP) is 5.73. The molecule has 0 radical (unpaired) electrons. The standard InChI is InChI=1S/C29H34N2O3S/c1-20(2)13-16-30(29(33)23-11-7-8-12-25(23)34-4)19-27(32)31-17-14-26-24(15-18-35-26)28(31)22-10-6-5-9-21(22)3/h5-12,15,18,20,28H,13-14,16-17,19H2,1-4H3. The number of benzene rings is 2. The molecule has 0 N–H and O–H groups in total. The van der Waals surface area contributed by atoms with Gasteiger partial charge < -0.3 is 14.5 Å². The largest absolute Gasteiger partial charge is 0.496 e. The van der Waals surface area contributed by atoms with E-state index in [1.165, 1.54) is 10.4 Å². The Kier molecular flexibility index (Phi) is 7.91. The molecule has 0 aliphatic carbocycles. The minimum atomic E-state index is -0.169. The Balaban J connectivity index is 1.64. The number of ether oxygens (including phenoxy) is 1. The average molecular weight is 491 g/mol. The summed E-state index contributed by atoms with van der Waals surface area (Å²) in [6, 6.07) is 17.5. The number of aryl methyl sites for hydroxylation is 1. The van der Waals surface area contributed by atoms with Crippen molar-refractivity contribution in [3.63, 3.8) is 0 Å². The van der Waals surface area contributed by atoms with Crippen LogP contribution in [0.1, 0.15) is 58.2 Å². The van der Waals surface area contributed by atoms with Crippen LogP contribution < -0.4 is 4.74 Å². The lowest BCUT2D eigenvalue weighted by atomic mass is 9.90. The molecule has 2 amide bonds. The summed E-state index contributed by atoms with van der Waals surface area (Å²) in [5.74, 6) is 0.749. The molecule has 5 nitrogen and oxygen atoms in total. The molecule has 35 heavy (non-hydrogen) atoms. The first-order valence-corrected chi connectivity index (χ1v) is 13.1. The first kappa shape index (κ1) is 25.0. The van der Waals surface area contributed by atoms with E-state index in [0.717, 1.165) is 24.0 Å². The molecule has 1 aromatic heterocycles. The van der Waals surface area contributed by atoms with E-state index >= 15 is 0 Å². The van der Waals surface area contributed by atoms with E-state index in [4.69, 9.17) is 4.74 Å². The zero-order valence-electron chi connectivity index (χ0n) is 21.0. The average Bonchev–Trinajstić information content (AvgIpc) is 3.34. The maximum atomic E-state index is 13.9. The molecule has 3 aromatic rings. The highest BCUT2D eigenvalue weighted by atomic mass is 32.1. The Morgan fingerprint density at radius 2 is 1.83 bits per heavy atom. The number of nitrogens with zero attached hydrogens (tertiary/aromatic N) is 2. The van der Waals surface area contributed by atoms with Crippen LogP contribution in [-0.2, 0) is 11.2 Å². The van der Waals surface area contributed by atoms with Crippen molar-refractivity contribution >= 4 is 23.2 Å². The fourth-order valence-corrected chi connectivity index (χ4v) is 5.63. The van der Waals surface area contributed by atoms with Gasteiger partial charge in [-0.2, -0.15) is 0 Å². The van der Waals surface area contributed by atoms with Crippen LogP contribution >= 0.6 is 11.3 Å². The van der Waals surface area contributed by atoms with Crippen molar-refractivity contribution in [1.82, 2.24) is 9.80 Å². The second kappa shape index (κ2) is 11.1. The third-order valence-electron chi connectivity index (χ3n) is 6.70. The lowest BCUT2D eigenvalue weighted by Gasteiger charge is -2.38. The summed E-state index contributed by atoms with van der Waals surface area (Å²) < 4.78 is 5.44. The van der Waals surface area contributed by atoms with Gasteiger partial charge in [0.15, 0.2) is 0 Å². The molecule has 184 valence electrons. The van der Waals surface area contributed by atoms with Gasteiger partial charge in [-0.25, -0.2) is 0 Å². The summed E-state index contributed by atoms with van der Waals surface area (Å²) in [5, 5.41) is 2.12. The Bertz CT molecular complexity index is 1190. The number of hydrogen-bond donors (Lipinski definition) is 0. The van der Waals surface area contributed by atoms with Gasteiger partial charge in [-0.1, -0.05) is 50.2 Å². The second-order valence-electron chi connectivity index (χ2n) is 9.50. The van der Waals surface area contributed by atoms with E-state index in [2.05, 4.69) is 44.4 Å². The van der Waals surface area contributed by atoms with Crippen molar-refractivity contribution in [2.75, 3.05) is 26.7 Å². The van der Waals surface area contributed by atoms with Crippen LogP contribution in [0.25, 0.3) is 0 Å². The van der Waals surface area contributed by atoms with E-state index in [9.17, 15) is 9.59 Å². The van der Waals surface area contributed by atoms with Crippen molar-refractivity contribution in [2.45, 2.75) is 39.7 Å². The van der Waals surface area contributed by atoms with Gasteiger partial charge in [0, 0.05) is 18.0 Å². The molecule has 1 aliphatic heterocycles. The van der Waals surface area contributed by atoms with Crippen molar-refractivity contribution in [2.24, 2.45) is 5.92 Å². The first-order valence-electron chi connectivity index (χ1n) is 12.2. The van der Waals surface area contributed by atoms with E-state index in [1.54, 1.807) is 35.5 Å². The predicted molar refractivity (Wildman–Crippen MR) is 141 cm³/mol. The highest BCUT2D eigenvalue weighted by Gasteiger charge is 2.35. The first-order chi connectivity index (χ1) is 16.9. The molecule has 0 spiro atoms. The van der Waals surface area contributed by atoms with E-state index in [1.807, 2.05) is 29.2 Å². The molecule has 1 unspecified atom stereocenters. The number of carbonyl (C=O) groups excluding carboxylic acids is 2. The van der Waals surface area contributed by atoms with Crippen molar-refractivity contribution < 1.29 is 14.3 Å². The quantitative estimate of drug-likeness (QED) is 0.405. The number of amides is 2. The fraction of sp³-hybridized carbons (Fsp3) is 0.379. The topological polar surface area (TPSA) is 49.9 Å². The van der Waals surface area contributed by atoms with Gasteiger partial charge in [0.05, 0.1) is 18.7 Å². The second-order valence-corrected chi connectivity index (χ2v) is 10.5. The fourth-order valence-electron chi connectivity index (χ4n) is 4.73. The molecule has 0 bridgehead atoms. The van der Waals surface area contributed by atoms with Crippen LogP contribution in [0, 0.1) is 12.8 Å². The SMILES string of the molecule is COc1ccccc1C(=O)N(CCC(C)C)CC(=O)N1CCc2sccc2C1c1ccccc1C. The Hall–Kier alpha value is -3.12. The van der Waals surface area contributed by atoms with Crippen LogP contribution in [-0.4, -0.2) is 48.4 Å². The summed E-state index contributed by atoms with van der Waals surface area (Å²) in [6.45, 7) is 7.57. The van der Waals surface area contributed by atoms with Gasteiger partial charge in [0.1, 0.15) is 12.3 Å². The smallest absolute Gasteiger partial charge is 0.258 e. The molecule has 2 aromatic carbocycles. The number of hydrogen-bond acceptors (Lipinski definition) is 4. The summed E-state index contributed by atoms with van der Waals surface area (Å²) in [4.78, 5) is 32.5. The van der Waals surface area contributed by atoms with E-state index in [0.29, 0.717) is 30.3 Å². The lowest BCUT2D eigenvalue weighted by molar-refractivity contribution is -0.134. The number of fused-ring (bicyclic) bond motifs is 1. The molecule has 0 saturated heterocycles.